The second-order valence-electron chi connectivity index (χ2n) is 7.97. The molecule has 1 aliphatic rings. The van der Waals surface area contributed by atoms with Crippen molar-refractivity contribution in [2.24, 2.45) is 0 Å². The zero-order valence-electron chi connectivity index (χ0n) is 19.0. The Labute approximate surface area is 206 Å². The number of nitro groups is 1. The summed E-state index contributed by atoms with van der Waals surface area (Å²) >= 11 is 0. The van der Waals surface area contributed by atoms with E-state index >= 15 is 0 Å². The number of non-ortho nitro benzene ring substituents is 1. The van der Waals surface area contributed by atoms with Crippen LogP contribution in [0.15, 0.2) is 59.5 Å². The highest BCUT2D eigenvalue weighted by atomic mass is 32.2. The van der Waals surface area contributed by atoms with Gasteiger partial charge in [0.1, 0.15) is 12.1 Å². The lowest BCUT2D eigenvalue weighted by Crippen LogP contribution is -2.54. The number of amides is 3. The molecule has 2 atom stereocenters. The molecule has 2 aromatic rings. The summed E-state index contributed by atoms with van der Waals surface area (Å²) in [4.78, 5) is 46.5. The first-order valence-corrected chi connectivity index (χ1v) is 12.4. The molecule has 2 aromatic carbocycles. The van der Waals surface area contributed by atoms with Gasteiger partial charge in [-0.05, 0) is 30.5 Å². The summed E-state index contributed by atoms with van der Waals surface area (Å²) in [5, 5.41) is 27.6. The number of nitrogens with one attached hydrogen (secondary N) is 3. The number of nitro benzene ring substituents is 1. The molecule has 14 heteroatoms. The molecule has 3 amide bonds. The zero-order chi connectivity index (χ0) is 26.3. The Balaban J connectivity index is 1.61. The Morgan fingerprint density at radius 1 is 1.08 bits per heavy atom. The molecule has 0 bridgehead atoms. The minimum absolute atomic E-state index is 0.0231. The van der Waals surface area contributed by atoms with Crippen molar-refractivity contribution in [1.29, 1.82) is 0 Å². The van der Waals surface area contributed by atoms with Gasteiger partial charge in [0.2, 0.25) is 15.9 Å². The maximum absolute atomic E-state index is 13.0. The summed E-state index contributed by atoms with van der Waals surface area (Å²) in [5.41, 5.74) is 0.556. The summed E-state index contributed by atoms with van der Waals surface area (Å²) < 4.78 is 27.0. The van der Waals surface area contributed by atoms with Gasteiger partial charge in [-0.15, -0.1) is 0 Å². The number of hydrogen-bond acceptors (Lipinski definition) is 7. The SMILES string of the molecule is O=C(NCc1ccccc1)NCC(NC(=O)C1CCCN1S(=O)(=O)c1ccc([N+](=O)[O-])cc1)C(=O)O. The summed E-state index contributed by atoms with van der Waals surface area (Å²) in [6, 6.07) is 10.0. The van der Waals surface area contributed by atoms with Crippen molar-refractivity contribution >= 4 is 33.6 Å². The molecule has 1 aliphatic heterocycles. The smallest absolute Gasteiger partial charge is 0.328 e. The fraction of sp³-hybridized carbons (Fsp3) is 0.318. The highest BCUT2D eigenvalue weighted by Crippen LogP contribution is 2.27. The summed E-state index contributed by atoms with van der Waals surface area (Å²) in [6.45, 7) is -0.187. The van der Waals surface area contributed by atoms with E-state index < -0.39 is 51.5 Å². The van der Waals surface area contributed by atoms with Crippen LogP contribution in [0.1, 0.15) is 18.4 Å². The lowest BCUT2D eigenvalue weighted by molar-refractivity contribution is -0.384. The van der Waals surface area contributed by atoms with Crippen LogP contribution in [0.25, 0.3) is 0 Å². The third kappa shape index (κ3) is 6.55. The molecule has 0 aromatic heterocycles. The van der Waals surface area contributed by atoms with Crippen LogP contribution in [-0.2, 0) is 26.2 Å². The number of urea groups is 1. The molecule has 0 spiro atoms. The van der Waals surface area contributed by atoms with Crippen molar-refractivity contribution in [2.75, 3.05) is 13.1 Å². The minimum Gasteiger partial charge on any atom is -0.480 e. The van der Waals surface area contributed by atoms with E-state index in [1.807, 2.05) is 6.07 Å². The Hall–Kier alpha value is -4.04. The number of nitrogens with zero attached hydrogens (tertiary/aromatic N) is 2. The lowest BCUT2D eigenvalue weighted by Gasteiger charge is -2.25. The molecule has 4 N–H and O–H groups in total. The van der Waals surface area contributed by atoms with Gasteiger partial charge in [0.15, 0.2) is 0 Å². The van der Waals surface area contributed by atoms with Crippen LogP contribution in [0.2, 0.25) is 0 Å². The number of aliphatic carboxylic acids is 1. The van der Waals surface area contributed by atoms with E-state index in [1.54, 1.807) is 24.3 Å². The maximum Gasteiger partial charge on any atom is 0.328 e. The van der Waals surface area contributed by atoms with Gasteiger partial charge in [0, 0.05) is 25.2 Å². The van der Waals surface area contributed by atoms with Crippen LogP contribution < -0.4 is 16.0 Å². The van der Waals surface area contributed by atoms with Gasteiger partial charge in [-0.1, -0.05) is 30.3 Å². The summed E-state index contributed by atoms with van der Waals surface area (Å²) in [6.07, 6.45) is 0.525. The molecule has 0 aliphatic carbocycles. The van der Waals surface area contributed by atoms with Gasteiger partial charge in [0.05, 0.1) is 16.4 Å². The first kappa shape index (κ1) is 26.6. The topological polar surface area (TPSA) is 188 Å². The van der Waals surface area contributed by atoms with E-state index in [-0.39, 0.29) is 30.1 Å². The van der Waals surface area contributed by atoms with E-state index in [4.69, 9.17) is 0 Å². The number of carboxylic acid groups (broad SMARTS) is 1. The lowest BCUT2D eigenvalue weighted by atomic mass is 10.2. The molecule has 36 heavy (non-hydrogen) atoms. The van der Waals surface area contributed by atoms with Crippen LogP contribution >= 0.6 is 0 Å². The summed E-state index contributed by atoms with van der Waals surface area (Å²) in [5.74, 6) is -2.23. The number of sulfonamides is 1. The first-order chi connectivity index (χ1) is 17.1. The fourth-order valence-electron chi connectivity index (χ4n) is 3.67. The number of carbonyl (C=O) groups is 3. The molecular weight excluding hydrogens is 494 g/mol. The van der Waals surface area contributed by atoms with Gasteiger partial charge in [0.25, 0.3) is 5.69 Å². The van der Waals surface area contributed by atoms with Crippen LogP contribution in [0.3, 0.4) is 0 Å². The summed E-state index contributed by atoms with van der Waals surface area (Å²) in [7, 11) is -4.17. The van der Waals surface area contributed by atoms with Gasteiger partial charge >= 0.3 is 12.0 Å². The van der Waals surface area contributed by atoms with Crippen molar-refractivity contribution in [2.45, 2.75) is 36.4 Å². The molecule has 0 saturated carbocycles. The first-order valence-electron chi connectivity index (χ1n) is 10.9. The van der Waals surface area contributed by atoms with E-state index in [0.717, 1.165) is 34.1 Å². The molecule has 13 nitrogen and oxygen atoms in total. The molecule has 0 radical (unpaired) electrons. The molecule has 1 fully saturated rings. The zero-order valence-corrected chi connectivity index (χ0v) is 19.8. The predicted molar refractivity (Wildman–Crippen MR) is 126 cm³/mol. The van der Waals surface area contributed by atoms with Crippen molar-refractivity contribution < 1.29 is 32.8 Å². The number of carboxylic acids is 1. The average molecular weight is 520 g/mol. The monoisotopic (exact) mass is 519 g/mol. The highest BCUT2D eigenvalue weighted by molar-refractivity contribution is 7.89. The number of hydrogen-bond donors (Lipinski definition) is 4. The second-order valence-corrected chi connectivity index (χ2v) is 9.86. The fourth-order valence-corrected chi connectivity index (χ4v) is 5.32. The molecule has 2 unspecified atom stereocenters. The van der Waals surface area contributed by atoms with Crippen LogP contribution in [0.5, 0.6) is 0 Å². The molecule has 1 saturated heterocycles. The Morgan fingerprint density at radius 2 is 1.75 bits per heavy atom. The minimum atomic E-state index is -4.17. The quantitative estimate of drug-likeness (QED) is 0.262. The van der Waals surface area contributed by atoms with Crippen molar-refractivity contribution in [1.82, 2.24) is 20.3 Å². The van der Waals surface area contributed by atoms with Crippen molar-refractivity contribution in [3.8, 4) is 0 Å². The van der Waals surface area contributed by atoms with Crippen LogP contribution in [0.4, 0.5) is 10.5 Å². The van der Waals surface area contributed by atoms with E-state index in [1.165, 1.54) is 0 Å². The Bertz CT molecular complexity index is 1220. The van der Waals surface area contributed by atoms with Gasteiger partial charge in [-0.25, -0.2) is 18.0 Å². The average Bonchev–Trinajstić information content (AvgIpc) is 3.37. The van der Waals surface area contributed by atoms with Crippen molar-refractivity contribution in [3.05, 3.63) is 70.3 Å². The largest absolute Gasteiger partial charge is 0.480 e. The van der Waals surface area contributed by atoms with Gasteiger partial charge < -0.3 is 21.1 Å². The Morgan fingerprint density at radius 3 is 2.36 bits per heavy atom. The van der Waals surface area contributed by atoms with Gasteiger partial charge in [-0.2, -0.15) is 4.31 Å². The molecule has 3 rings (SSSR count). The molecule has 1 heterocycles. The van der Waals surface area contributed by atoms with E-state index in [9.17, 15) is 38.0 Å². The number of carbonyl (C=O) groups excluding carboxylic acids is 2. The van der Waals surface area contributed by atoms with Crippen molar-refractivity contribution in [3.63, 3.8) is 0 Å². The third-order valence-corrected chi connectivity index (χ3v) is 7.46. The van der Waals surface area contributed by atoms with E-state index in [0.29, 0.717) is 6.42 Å². The molecule has 192 valence electrons. The number of rotatable bonds is 10. The van der Waals surface area contributed by atoms with Crippen LogP contribution in [-0.4, -0.2) is 65.8 Å². The standard InChI is InChI=1S/C22H25N5O8S/c28-20(25-18(21(29)30)14-24-22(31)23-13-15-5-2-1-3-6-15)19-7-4-12-26(19)36(34,35)17-10-8-16(9-11-17)27(32)33/h1-3,5-6,8-11,18-19H,4,7,12-14H2,(H,25,28)(H,29,30)(H2,23,24,31). The van der Waals surface area contributed by atoms with Gasteiger partial charge in [-0.3, -0.25) is 14.9 Å². The number of benzene rings is 2. The maximum atomic E-state index is 13.0. The molecular formula is C22H25N5O8S. The second kappa shape index (κ2) is 11.6. The highest BCUT2D eigenvalue weighted by Gasteiger charge is 2.40. The Kier molecular flexibility index (Phi) is 8.55. The normalized spacial score (nSPS) is 16.6. The van der Waals surface area contributed by atoms with E-state index in [2.05, 4.69) is 16.0 Å². The van der Waals surface area contributed by atoms with Crippen LogP contribution in [0, 0.1) is 10.1 Å². The third-order valence-electron chi connectivity index (χ3n) is 5.54. The predicted octanol–water partition coefficient (Wildman–Crippen LogP) is 0.817.